The van der Waals surface area contributed by atoms with Crippen molar-refractivity contribution in [2.45, 2.75) is 19.8 Å². The molecule has 1 aliphatic rings. The molecule has 0 N–H and O–H groups in total. The first-order valence-electron chi connectivity index (χ1n) is 13.2. The number of fused-ring (bicyclic) bond motifs is 8. The number of hydrogen-bond acceptors (Lipinski definition) is 3. The summed E-state index contributed by atoms with van der Waals surface area (Å²) in [4.78, 5) is 2.31. The zero-order valence-electron chi connectivity index (χ0n) is 21.1. The van der Waals surface area contributed by atoms with Crippen LogP contribution in [0.5, 0.6) is 0 Å². The van der Waals surface area contributed by atoms with E-state index in [0.29, 0.717) is 0 Å². The van der Waals surface area contributed by atoms with Gasteiger partial charge in [0, 0.05) is 33.1 Å². The molecule has 2 heterocycles. The molecule has 2 aromatic heterocycles. The fourth-order valence-electron chi connectivity index (χ4n) is 6.10. The second-order valence-electron chi connectivity index (χ2n) is 10.1. The molecule has 7 aromatic rings. The van der Waals surface area contributed by atoms with E-state index in [1.165, 1.54) is 27.3 Å². The zero-order chi connectivity index (χ0) is 25.2. The molecular weight excluding hydrogens is 466 g/mol. The highest BCUT2D eigenvalue weighted by Gasteiger charge is 2.24. The van der Waals surface area contributed by atoms with Crippen molar-refractivity contribution in [3.05, 3.63) is 121 Å². The van der Waals surface area contributed by atoms with Crippen LogP contribution in [0.4, 0.5) is 17.1 Å². The summed E-state index contributed by atoms with van der Waals surface area (Å²) in [6.45, 7) is 2.15. The molecule has 5 aromatic carbocycles. The molecular formula is C35H25NO2. The smallest absolute Gasteiger partial charge is 0.159 e. The van der Waals surface area contributed by atoms with Gasteiger partial charge in [-0.1, -0.05) is 66.7 Å². The summed E-state index contributed by atoms with van der Waals surface area (Å²) in [5.74, 6) is 1.02. The Hall–Kier alpha value is -4.76. The summed E-state index contributed by atoms with van der Waals surface area (Å²) in [5, 5.41) is 5.88. The lowest BCUT2D eigenvalue weighted by atomic mass is 9.96. The lowest BCUT2D eigenvalue weighted by Crippen LogP contribution is -2.10. The van der Waals surface area contributed by atoms with E-state index >= 15 is 0 Å². The molecule has 0 saturated carbocycles. The van der Waals surface area contributed by atoms with Crippen LogP contribution in [0.25, 0.3) is 49.3 Å². The van der Waals surface area contributed by atoms with E-state index in [4.69, 9.17) is 8.83 Å². The maximum atomic E-state index is 6.63. The van der Waals surface area contributed by atoms with Crippen LogP contribution >= 0.6 is 0 Å². The molecule has 0 saturated heterocycles. The van der Waals surface area contributed by atoms with Crippen molar-refractivity contribution in [2.24, 2.45) is 0 Å². The first-order chi connectivity index (χ1) is 18.8. The van der Waals surface area contributed by atoms with Crippen molar-refractivity contribution in [2.75, 3.05) is 4.90 Å². The van der Waals surface area contributed by atoms with Crippen molar-refractivity contribution < 1.29 is 8.83 Å². The van der Waals surface area contributed by atoms with Crippen LogP contribution < -0.4 is 4.90 Å². The van der Waals surface area contributed by atoms with Gasteiger partial charge in [0.05, 0.1) is 5.69 Å². The minimum atomic E-state index is 0.889. The summed E-state index contributed by atoms with van der Waals surface area (Å²) in [6.07, 6.45) is 4.34. The number of allylic oxidation sites excluding steroid dienone is 2. The average molecular weight is 492 g/mol. The van der Waals surface area contributed by atoms with Crippen LogP contribution in [0, 0.1) is 0 Å². The van der Waals surface area contributed by atoms with Crippen LogP contribution in [0.3, 0.4) is 0 Å². The fraction of sp³-hybridized carbons (Fsp3) is 0.0857. The number of para-hydroxylation sites is 2. The van der Waals surface area contributed by atoms with E-state index in [1.807, 2.05) is 0 Å². The SMILES string of the molecule is CC1=CCCc2c1oc1c(N(c3ccccc3)c3ccc4oc5ccc6ccccc6c5c4c3)cccc21. The van der Waals surface area contributed by atoms with Crippen LogP contribution in [-0.4, -0.2) is 0 Å². The Bertz CT molecular complexity index is 2040. The molecule has 0 spiro atoms. The van der Waals surface area contributed by atoms with Crippen molar-refractivity contribution in [1.29, 1.82) is 0 Å². The average Bonchev–Trinajstić information content (AvgIpc) is 3.54. The third-order valence-corrected chi connectivity index (χ3v) is 7.86. The lowest BCUT2D eigenvalue weighted by Gasteiger charge is -2.25. The third kappa shape index (κ3) is 3.08. The van der Waals surface area contributed by atoms with E-state index in [9.17, 15) is 0 Å². The van der Waals surface area contributed by atoms with Crippen molar-refractivity contribution in [1.82, 2.24) is 0 Å². The Morgan fingerprint density at radius 2 is 1.47 bits per heavy atom. The standard InChI is InChI=1S/C35H25NO2/c1-22-9-7-14-27-28-15-8-16-30(35(28)38-34(22)27)36(24-11-3-2-4-12-24)25-18-20-31-29(21-25)33-26-13-6-5-10-23(26)17-19-32(33)37-31/h2-6,8-13,15-21H,7,14H2,1H3. The molecule has 0 unspecified atom stereocenters. The first-order valence-corrected chi connectivity index (χ1v) is 13.2. The summed E-state index contributed by atoms with van der Waals surface area (Å²) < 4.78 is 12.9. The molecule has 0 fully saturated rings. The van der Waals surface area contributed by atoms with Gasteiger partial charge in [-0.05, 0) is 78.6 Å². The molecule has 3 heteroatoms. The normalized spacial score (nSPS) is 13.3. The molecule has 0 radical (unpaired) electrons. The van der Waals surface area contributed by atoms with Gasteiger partial charge in [-0.25, -0.2) is 0 Å². The molecule has 1 aliphatic carbocycles. The molecule has 3 nitrogen and oxygen atoms in total. The summed E-state index contributed by atoms with van der Waals surface area (Å²) in [5.41, 5.74) is 8.44. The lowest BCUT2D eigenvalue weighted by molar-refractivity contribution is 0.590. The largest absolute Gasteiger partial charge is 0.456 e. The first kappa shape index (κ1) is 21.3. The van der Waals surface area contributed by atoms with Crippen LogP contribution in [0.2, 0.25) is 0 Å². The van der Waals surface area contributed by atoms with Crippen LogP contribution in [0.15, 0.2) is 118 Å². The zero-order valence-corrected chi connectivity index (χ0v) is 21.1. The molecule has 38 heavy (non-hydrogen) atoms. The summed E-state index contributed by atoms with van der Waals surface area (Å²) >= 11 is 0. The maximum Gasteiger partial charge on any atom is 0.159 e. The van der Waals surface area contributed by atoms with Crippen molar-refractivity contribution in [3.63, 3.8) is 0 Å². The Balaban J connectivity index is 1.42. The maximum absolute atomic E-state index is 6.63. The van der Waals surface area contributed by atoms with Gasteiger partial charge >= 0.3 is 0 Å². The Morgan fingerprint density at radius 1 is 0.658 bits per heavy atom. The predicted octanol–water partition coefficient (Wildman–Crippen LogP) is 10.3. The van der Waals surface area contributed by atoms with Gasteiger partial charge in [0.15, 0.2) is 5.58 Å². The van der Waals surface area contributed by atoms with E-state index in [0.717, 1.165) is 63.2 Å². The predicted molar refractivity (Wildman–Crippen MR) is 158 cm³/mol. The van der Waals surface area contributed by atoms with E-state index in [1.54, 1.807) is 0 Å². The third-order valence-electron chi connectivity index (χ3n) is 7.86. The Labute approximate surface area is 220 Å². The summed E-state index contributed by atoms with van der Waals surface area (Å²) in [7, 11) is 0. The van der Waals surface area contributed by atoms with Gasteiger partial charge in [-0.2, -0.15) is 0 Å². The van der Waals surface area contributed by atoms with Crippen LogP contribution in [0.1, 0.15) is 24.7 Å². The molecule has 0 bridgehead atoms. The second kappa shape index (κ2) is 8.12. The molecule has 8 rings (SSSR count). The van der Waals surface area contributed by atoms with Gasteiger partial charge in [0.2, 0.25) is 0 Å². The highest BCUT2D eigenvalue weighted by molar-refractivity contribution is 6.19. The quantitative estimate of drug-likeness (QED) is 0.246. The molecule has 182 valence electrons. The number of rotatable bonds is 3. The van der Waals surface area contributed by atoms with E-state index < -0.39 is 0 Å². The monoisotopic (exact) mass is 491 g/mol. The number of aryl methyl sites for hydroxylation is 1. The minimum absolute atomic E-state index is 0.889. The molecule has 0 atom stereocenters. The Morgan fingerprint density at radius 3 is 2.39 bits per heavy atom. The van der Waals surface area contributed by atoms with Crippen molar-refractivity contribution in [3.8, 4) is 0 Å². The van der Waals surface area contributed by atoms with E-state index in [2.05, 4.69) is 121 Å². The number of hydrogen-bond donors (Lipinski definition) is 0. The number of nitrogens with zero attached hydrogens (tertiary/aromatic N) is 1. The number of furan rings is 2. The molecule has 0 amide bonds. The highest BCUT2D eigenvalue weighted by atomic mass is 16.3. The molecule has 0 aliphatic heterocycles. The minimum Gasteiger partial charge on any atom is -0.456 e. The van der Waals surface area contributed by atoms with Gasteiger partial charge in [0.25, 0.3) is 0 Å². The number of anilines is 3. The van der Waals surface area contributed by atoms with Gasteiger partial charge in [-0.15, -0.1) is 0 Å². The fourth-order valence-corrected chi connectivity index (χ4v) is 6.10. The summed E-state index contributed by atoms with van der Waals surface area (Å²) in [6, 6.07) is 36.3. The second-order valence-corrected chi connectivity index (χ2v) is 10.1. The van der Waals surface area contributed by atoms with Gasteiger partial charge < -0.3 is 13.7 Å². The van der Waals surface area contributed by atoms with E-state index in [-0.39, 0.29) is 0 Å². The van der Waals surface area contributed by atoms with Gasteiger partial charge in [-0.3, -0.25) is 0 Å². The number of benzene rings is 5. The van der Waals surface area contributed by atoms with Crippen molar-refractivity contribution >= 4 is 66.3 Å². The topological polar surface area (TPSA) is 29.5 Å². The Kier molecular flexibility index (Phi) is 4.56. The van der Waals surface area contributed by atoms with Gasteiger partial charge in [0.1, 0.15) is 16.9 Å². The van der Waals surface area contributed by atoms with Crippen LogP contribution in [-0.2, 0) is 6.42 Å². The highest BCUT2D eigenvalue weighted by Crippen LogP contribution is 2.45.